The molecule has 0 amide bonds. The second kappa shape index (κ2) is 5.91. The standard InChI is InChI=1S/C18H20O2/c1-12(2)14-5-7-15(8-6-14)18(19)17-10-9-16(20-4)11-13(17)3/h5-12H,1-4H3. The van der Waals surface area contributed by atoms with Crippen LogP contribution in [0, 0.1) is 6.92 Å². The van der Waals surface area contributed by atoms with Crippen molar-refractivity contribution in [1.82, 2.24) is 0 Å². The Balaban J connectivity index is 2.31. The van der Waals surface area contributed by atoms with Crippen molar-refractivity contribution >= 4 is 5.78 Å². The highest BCUT2D eigenvalue weighted by Crippen LogP contribution is 2.21. The van der Waals surface area contributed by atoms with Gasteiger partial charge in [0.05, 0.1) is 7.11 Å². The normalized spacial score (nSPS) is 10.7. The number of hydrogen-bond donors (Lipinski definition) is 0. The van der Waals surface area contributed by atoms with Crippen LogP contribution in [-0.2, 0) is 0 Å². The zero-order valence-corrected chi connectivity index (χ0v) is 12.4. The van der Waals surface area contributed by atoms with Crippen LogP contribution in [0.1, 0.15) is 46.8 Å². The van der Waals surface area contributed by atoms with Crippen molar-refractivity contribution in [3.8, 4) is 5.75 Å². The van der Waals surface area contributed by atoms with Gasteiger partial charge in [-0.2, -0.15) is 0 Å². The van der Waals surface area contributed by atoms with Crippen LogP contribution in [0.5, 0.6) is 5.75 Å². The average Bonchev–Trinajstić information content (AvgIpc) is 2.46. The summed E-state index contributed by atoms with van der Waals surface area (Å²) in [6, 6.07) is 13.4. The summed E-state index contributed by atoms with van der Waals surface area (Å²) in [5.74, 6) is 1.30. The van der Waals surface area contributed by atoms with Crippen LogP contribution < -0.4 is 4.74 Å². The van der Waals surface area contributed by atoms with Crippen LogP contribution in [0.2, 0.25) is 0 Å². The summed E-state index contributed by atoms with van der Waals surface area (Å²) in [5, 5.41) is 0. The molecule has 0 aliphatic heterocycles. The number of aryl methyl sites for hydroxylation is 1. The van der Waals surface area contributed by atoms with Crippen molar-refractivity contribution in [2.24, 2.45) is 0 Å². The molecule has 0 bridgehead atoms. The van der Waals surface area contributed by atoms with E-state index in [0.717, 1.165) is 22.4 Å². The first kappa shape index (κ1) is 14.3. The summed E-state index contributed by atoms with van der Waals surface area (Å²) in [6.45, 7) is 6.22. The smallest absolute Gasteiger partial charge is 0.193 e. The van der Waals surface area contributed by atoms with E-state index < -0.39 is 0 Å². The summed E-state index contributed by atoms with van der Waals surface area (Å²) in [6.07, 6.45) is 0. The summed E-state index contributed by atoms with van der Waals surface area (Å²) in [4.78, 5) is 12.5. The molecular weight excluding hydrogens is 248 g/mol. The van der Waals surface area contributed by atoms with Crippen LogP contribution in [0.15, 0.2) is 42.5 Å². The molecule has 0 aliphatic rings. The molecule has 0 fully saturated rings. The maximum Gasteiger partial charge on any atom is 0.193 e. The van der Waals surface area contributed by atoms with E-state index in [4.69, 9.17) is 4.74 Å². The lowest BCUT2D eigenvalue weighted by atomic mass is 9.96. The van der Waals surface area contributed by atoms with Crippen molar-refractivity contribution in [3.05, 3.63) is 64.7 Å². The molecule has 2 nitrogen and oxygen atoms in total. The van der Waals surface area contributed by atoms with E-state index in [-0.39, 0.29) is 5.78 Å². The average molecular weight is 268 g/mol. The van der Waals surface area contributed by atoms with Crippen molar-refractivity contribution in [2.75, 3.05) is 7.11 Å². The minimum atomic E-state index is 0.0560. The second-order valence-corrected chi connectivity index (χ2v) is 5.29. The Morgan fingerprint density at radius 3 is 2.20 bits per heavy atom. The topological polar surface area (TPSA) is 26.3 Å². The Hall–Kier alpha value is -2.09. The van der Waals surface area contributed by atoms with E-state index in [0.29, 0.717) is 5.92 Å². The zero-order valence-electron chi connectivity index (χ0n) is 12.4. The van der Waals surface area contributed by atoms with Crippen molar-refractivity contribution in [2.45, 2.75) is 26.7 Å². The van der Waals surface area contributed by atoms with Gasteiger partial charge in [-0.05, 0) is 42.2 Å². The van der Waals surface area contributed by atoms with Gasteiger partial charge in [-0.25, -0.2) is 0 Å². The molecular formula is C18H20O2. The number of carbonyl (C=O) groups excluding carboxylic acids is 1. The van der Waals surface area contributed by atoms with Gasteiger partial charge in [-0.1, -0.05) is 38.1 Å². The summed E-state index contributed by atoms with van der Waals surface area (Å²) in [5.41, 5.74) is 3.63. The van der Waals surface area contributed by atoms with Gasteiger partial charge in [-0.15, -0.1) is 0 Å². The lowest BCUT2D eigenvalue weighted by Gasteiger charge is -2.09. The van der Waals surface area contributed by atoms with Gasteiger partial charge in [0.1, 0.15) is 5.75 Å². The lowest BCUT2D eigenvalue weighted by Crippen LogP contribution is -2.04. The fourth-order valence-corrected chi connectivity index (χ4v) is 2.19. The summed E-state index contributed by atoms with van der Waals surface area (Å²) in [7, 11) is 1.63. The zero-order chi connectivity index (χ0) is 14.7. The summed E-state index contributed by atoms with van der Waals surface area (Å²) >= 11 is 0. The molecule has 2 aromatic carbocycles. The Morgan fingerprint density at radius 1 is 1.05 bits per heavy atom. The maximum absolute atomic E-state index is 12.5. The predicted octanol–water partition coefficient (Wildman–Crippen LogP) is 4.36. The molecule has 104 valence electrons. The molecule has 0 radical (unpaired) electrons. The largest absolute Gasteiger partial charge is 0.497 e. The fourth-order valence-electron chi connectivity index (χ4n) is 2.19. The second-order valence-electron chi connectivity index (χ2n) is 5.29. The minimum absolute atomic E-state index is 0.0560. The third-order valence-electron chi connectivity index (χ3n) is 3.52. The van der Waals surface area contributed by atoms with E-state index in [9.17, 15) is 4.79 Å². The maximum atomic E-state index is 12.5. The number of rotatable bonds is 4. The molecule has 0 aliphatic carbocycles. The van der Waals surface area contributed by atoms with E-state index in [1.54, 1.807) is 7.11 Å². The molecule has 0 aromatic heterocycles. The van der Waals surface area contributed by atoms with E-state index in [1.165, 1.54) is 5.56 Å². The van der Waals surface area contributed by atoms with Gasteiger partial charge in [-0.3, -0.25) is 4.79 Å². The number of benzene rings is 2. The van der Waals surface area contributed by atoms with Gasteiger partial charge >= 0.3 is 0 Å². The molecule has 20 heavy (non-hydrogen) atoms. The highest BCUT2D eigenvalue weighted by molar-refractivity contribution is 6.09. The van der Waals surface area contributed by atoms with Crippen molar-refractivity contribution in [3.63, 3.8) is 0 Å². The molecule has 0 spiro atoms. The monoisotopic (exact) mass is 268 g/mol. The SMILES string of the molecule is COc1ccc(C(=O)c2ccc(C(C)C)cc2)c(C)c1. The Labute approximate surface area is 120 Å². The van der Waals surface area contributed by atoms with Gasteiger partial charge in [0.2, 0.25) is 0 Å². The van der Waals surface area contributed by atoms with E-state index in [2.05, 4.69) is 13.8 Å². The van der Waals surface area contributed by atoms with Crippen molar-refractivity contribution < 1.29 is 9.53 Å². The van der Waals surface area contributed by atoms with Gasteiger partial charge in [0.25, 0.3) is 0 Å². The number of hydrogen-bond acceptors (Lipinski definition) is 2. The molecule has 0 atom stereocenters. The highest BCUT2D eigenvalue weighted by atomic mass is 16.5. The molecule has 2 aromatic rings. The molecule has 2 heteroatoms. The highest BCUT2D eigenvalue weighted by Gasteiger charge is 2.12. The van der Waals surface area contributed by atoms with Crippen LogP contribution in [0.4, 0.5) is 0 Å². The quantitative estimate of drug-likeness (QED) is 0.770. The Bertz CT molecular complexity index is 610. The number of methoxy groups -OCH3 is 1. The predicted molar refractivity (Wildman–Crippen MR) is 81.7 cm³/mol. The third kappa shape index (κ3) is 2.90. The number of carbonyl (C=O) groups is 1. The molecule has 0 saturated carbocycles. The number of ether oxygens (including phenoxy) is 1. The Kier molecular flexibility index (Phi) is 4.23. The first-order valence-corrected chi connectivity index (χ1v) is 6.82. The lowest BCUT2D eigenvalue weighted by molar-refractivity contribution is 0.103. The fraction of sp³-hybridized carbons (Fsp3) is 0.278. The van der Waals surface area contributed by atoms with Crippen LogP contribution >= 0.6 is 0 Å². The van der Waals surface area contributed by atoms with Crippen molar-refractivity contribution in [1.29, 1.82) is 0 Å². The minimum Gasteiger partial charge on any atom is -0.497 e. The van der Waals surface area contributed by atoms with Crippen LogP contribution in [0.25, 0.3) is 0 Å². The Morgan fingerprint density at radius 2 is 1.70 bits per heavy atom. The molecule has 0 saturated heterocycles. The molecule has 2 rings (SSSR count). The first-order valence-electron chi connectivity index (χ1n) is 6.82. The van der Waals surface area contributed by atoms with E-state index >= 15 is 0 Å². The van der Waals surface area contributed by atoms with Crippen LogP contribution in [0.3, 0.4) is 0 Å². The number of ketones is 1. The van der Waals surface area contributed by atoms with Gasteiger partial charge < -0.3 is 4.74 Å². The van der Waals surface area contributed by atoms with Gasteiger partial charge in [0.15, 0.2) is 5.78 Å². The molecule has 0 unspecified atom stereocenters. The summed E-state index contributed by atoms with van der Waals surface area (Å²) < 4.78 is 5.17. The molecule has 0 heterocycles. The third-order valence-corrected chi connectivity index (χ3v) is 3.52. The molecule has 0 N–H and O–H groups in total. The van der Waals surface area contributed by atoms with E-state index in [1.807, 2.05) is 49.4 Å². The van der Waals surface area contributed by atoms with Gasteiger partial charge in [0, 0.05) is 11.1 Å². The first-order chi connectivity index (χ1) is 9.52. The van der Waals surface area contributed by atoms with Crippen LogP contribution in [-0.4, -0.2) is 12.9 Å².